The van der Waals surface area contributed by atoms with Gasteiger partial charge in [0.25, 0.3) is 0 Å². The lowest BCUT2D eigenvalue weighted by Crippen LogP contribution is -2.27. The van der Waals surface area contributed by atoms with E-state index in [0.29, 0.717) is 0 Å². The molecule has 0 aliphatic heterocycles. The summed E-state index contributed by atoms with van der Waals surface area (Å²) in [6.07, 6.45) is 11.9. The monoisotopic (exact) mass is 236 g/mol. The average Bonchev–Trinajstić information content (AvgIpc) is 2.65. The first kappa shape index (κ1) is 13.4. The molecular formula is C17H32. The summed E-state index contributed by atoms with van der Waals surface area (Å²) >= 11 is 0. The molecule has 0 nitrogen and oxygen atoms in total. The summed E-state index contributed by atoms with van der Waals surface area (Å²) < 4.78 is 0. The largest absolute Gasteiger partial charge is 0.0651 e. The Bertz CT molecular complexity index is 244. The third-order valence-corrected chi connectivity index (χ3v) is 6.52. The molecule has 17 heavy (non-hydrogen) atoms. The van der Waals surface area contributed by atoms with Crippen LogP contribution in [0.1, 0.15) is 79.1 Å². The zero-order valence-corrected chi connectivity index (χ0v) is 12.5. The van der Waals surface area contributed by atoms with Crippen molar-refractivity contribution >= 4 is 0 Å². The summed E-state index contributed by atoms with van der Waals surface area (Å²) in [4.78, 5) is 0. The summed E-state index contributed by atoms with van der Waals surface area (Å²) in [7, 11) is 0. The number of hydrogen-bond donors (Lipinski definition) is 0. The summed E-state index contributed by atoms with van der Waals surface area (Å²) in [5, 5.41) is 0. The Kier molecular flexibility index (Phi) is 4.21. The highest BCUT2D eigenvalue weighted by Gasteiger charge is 2.50. The molecule has 0 radical (unpaired) electrons. The van der Waals surface area contributed by atoms with Crippen LogP contribution in [0.25, 0.3) is 0 Å². The second-order valence-corrected chi connectivity index (χ2v) is 6.81. The van der Waals surface area contributed by atoms with Gasteiger partial charge in [-0.05, 0) is 54.8 Å². The van der Waals surface area contributed by atoms with Crippen molar-refractivity contribution in [3.8, 4) is 0 Å². The van der Waals surface area contributed by atoms with Crippen LogP contribution in [-0.2, 0) is 0 Å². The van der Waals surface area contributed by atoms with Gasteiger partial charge in [-0.1, -0.05) is 53.4 Å². The van der Waals surface area contributed by atoms with E-state index in [1.807, 2.05) is 0 Å². The topological polar surface area (TPSA) is 0 Å². The van der Waals surface area contributed by atoms with E-state index in [0.717, 1.165) is 29.1 Å². The highest BCUT2D eigenvalue weighted by Crippen LogP contribution is 2.60. The van der Waals surface area contributed by atoms with Gasteiger partial charge in [0.2, 0.25) is 0 Å². The van der Waals surface area contributed by atoms with Gasteiger partial charge < -0.3 is 0 Å². The van der Waals surface area contributed by atoms with E-state index in [4.69, 9.17) is 0 Å². The van der Waals surface area contributed by atoms with Crippen LogP contribution < -0.4 is 0 Å². The fourth-order valence-corrected chi connectivity index (χ4v) is 5.38. The molecule has 2 aliphatic rings. The van der Waals surface area contributed by atoms with Crippen molar-refractivity contribution in [1.82, 2.24) is 0 Å². The first-order valence-electron chi connectivity index (χ1n) is 8.20. The fourth-order valence-electron chi connectivity index (χ4n) is 5.38. The summed E-state index contributed by atoms with van der Waals surface area (Å²) in [5.74, 6) is 4.20. The van der Waals surface area contributed by atoms with Crippen LogP contribution in [0.4, 0.5) is 0 Å². The molecule has 0 heterocycles. The Morgan fingerprint density at radius 1 is 0.824 bits per heavy atom. The lowest BCUT2D eigenvalue weighted by Gasteiger charge is -2.37. The third-order valence-electron chi connectivity index (χ3n) is 6.52. The molecule has 0 aromatic rings. The summed E-state index contributed by atoms with van der Waals surface area (Å²) in [5.41, 5.74) is 0.740. The van der Waals surface area contributed by atoms with Gasteiger partial charge in [-0.2, -0.15) is 0 Å². The number of fused-ring (bicyclic) bond motifs is 2. The van der Waals surface area contributed by atoms with Crippen molar-refractivity contribution in [1.29, 1.82) is 0 Å². The molecule has 0 heteroatoms. The molecule has 5 unspecified atom stereocenters. The van der Waals surface area contributed by atoms with Gasteiger partial charge in [-0.25, -0.2) is 0 Å². The standard InChI is InChI=1S/C17H32/c1-5-13-9-10-15(7-3)17(8-4)11-14(6-2)16(13)12-17/h13-16H,5-12H2,1-4H3. The Morgan fingerprint density at radius 3 is 2.06 bits per heavy atom. The minimum Gasteiger partial charge on any atom is -0.0651 e. The maximum absolute atomic E-state index is 2.46. The van der Waals surface area contributed by atoms with Crippen LogP contribution in [0.2, 0.25) is 0 Å². The van der Waals surface area contributed by atoms with E-state index in [-0.39, 0.29) is 0 Å². The third kappa shape index (κ3) is 2.17. The van der Waals surface area contributed by atoms with Crippen molar-refractivity contribution in [2.75, 3.05) is 0 Å². The van der Waals surface area contributed by atoms with Crippen LogP contribution in [0, 0.1) is 29.1 Å². The second-order valence-electron chi connectivity index (χ2n) is 6.81. The SMILES string of the molecule is CCC1CCC(CC)C2(CC)CC(CC)C1C2. The van der Waals surface area contributed by atoms with E-state index in [2.05, 4.69) is 27.7 Å². The molecule has 2 fully saturated rings. The molecule has 0 N–H and O–H groups in total. The molecule has 0 amide bonds. The van der Waals surface area contributed by atoms with E-state index in [1.54, 1.807) is 12.8 Å². The lowest BCUT2D eigenvalue weighted by atomic mass is 9.68. The quantitative estimate of drug-likeness (QED) is 0.590. The van der Waals surface area contributed by atoms with Crippen molar-refractivity contribution in [2.45, 2.75) is 79.1 Å². The van der Waals surface area contributed by atoms with Crippen molar-refractivity contribution in [2.24, 2.45) is 29.1 Å². The molecule has 0 spiro atoms. The van der Waals surface area contributed by atoms with E-state index in [1.165, 1.54) is 38.5 Å². The lowest BCUT2D eigenvalue weighted by molar-refractivity contribution is 0.135. The van der Waals surface area contributed by atoms with E-state index >= 15 is 0 Å². The minimum atomic E-state index is 0.740. The van der Waals surface area contributed by atoms with Crippen LogP contribution >= 0.6 is 0 Å². The first-order chi connectivity index (χ1) is 8.20. The van der Waals surface area contributed by atoms with Gasteiger partial charge >= 0.3 is 0 Å². The Balaban J connectivity index is 2.26. The van der Waals surface area contributed by atoms with Crippen LogP contribution in [0.3, 0.4) is 0 Å². The van der Waals surface area contributed by atoms with E-state index < -0.39 is 0 Å². The van der Waals surface area contributed by atoms with Gasteiger partial charge in [0.05, 0.1) is 0 Å². The average molecular weight is 236 g/mol. The first-order valence-corrected chi connectivity index (χ1v) is 8.20. The summed E-state index contributed by atoms with van der Waals surface area (Å²) in [6, 6.07) is 0. The molecule has 100 valence electrons. The normalized spacial score (nSPS) is 45.9. The Morgan fingerprint density at radius 2 is 1.53 bits per heavy atom. The minimum absolute atomic E-state index is 0.740. The Hall–Kier alpha value is 0. The molecule has 2 saturated carbocycles. The smallest absolute Gasteiger partial charge is 0.0266 e. The van der Waals surface area contributed by atoms with Gasteiger partial charge in [-0.15, -0.1) is 0 Å². The van der Waals surface area contributed by atoms with Gasteiger partial charge in [0.1, 0.15) is 0 Å². The fraction of sp³-hybridized carbons (Fsp3) is 1.00. The van der Waals surface area contributed by atoms with Gasteiger partial charge in [-0.3, -0.25) is 0 Å². The molecule has 5 atom stereocenters. The molecule has 0 saturated heterocycles. The molecule has 2 bridgehead atoms. The summed E-state index contributed by atoms with van der Waals surface area (Å²) in [6.45, 7) is 9.75. The maximum Gasteiger partial charge on any atom is -0.0266 e. The van der Waals surface area contributed by atoms with Crippen LogP contribution in [0.5, 0.6) is 0 Å². The van der Waals surface area contributed by atoms with Crippen molar-refractivity contribution in [3.05, 3.63) is 0 Å². The molecule has 0 aromatic heterocycles. The van der Waals surface area contributed by atoms with Crippen LogP contribution in [-0.4, -0.2) is 0 Å². The molecule has 2 rings (SSSR count). The molecular weight excluding hydrogens is 204 g/mol. The predicted molar refractivity (Wildman–Crippen MR) is 76.0 cm³/mol. The highest BCUT2D eigenvalue weighted by molar-refractivity contribution is 5.00. The predicted octanol–water partition coefficient (Wildman–Crippen LogP) is 5.67. The molecule has 0 aromatic carbocycles. The van der Waals surface area contributed by atoms with E-state index in [9.17, 15) is 0 Å². The van der Waals surface area contributed by atoms with Gasteiger partial charge in [0, 0.05) is 0 Å². The number of rotatable bonds is 4. The Labute approximate surface area is 109 Å². The second kappa shape index (κ2) is 5.33. The highest BCUT2D eigenvalue weighted by atomic mass is 14.6. The molecule has 2 aliphatic carbocycles. The van der Waals surface area contributed by atoms with Crippen molar-refractivity contribution < 1.29 is 0 Å². The number of hydrogen-bond acceptors (Lipinski definition) is 0. The maximum atomic E-state index is 2.46. The van der Waals surface area contributed by atoms with Crippen molar-refractivity contribution in [3.63, 3.8) is 0 Å². The van der Waals surface area contributed by atoms with Gasteiger partial charge in [0.15, 0.2) is 0 Å². The zero-order chi connectivity index (χ0) is 12.5. The zero-order valence-electron chi connectivity index (χ0n) is 12.5. The van der Waals surface area contributed by atoms with Crippen LogP contribution in [0.15, 0.2) is 0 Å².